The van der Waals surface area contributed by atoms with E-state index in [4.69, 9.17) is 10.5 Å². The Morgan fingerprint density at radius 1 is 1.19 bits per heavy atom. The first-order valence-electron chi connectivity index (χ1n) is 6.51. The predicted octanol–water partition coefficient (Wildman–Crippen LogP) is 0.379. The maximum atomic E-state index is 5.63. The average Bonchev–Trinajstić information content (AvgIpc) is 2.79. The van der Waals surface area contributed by atoms with Crippen LogP contribution in [0.15, 0.2) is 0 Å². The third-order valence-electron chi connectivity index (χ3n) is 3.11. The minimum Gasteiger partial charge on any atom is -0.379 e. The largest absolute Gasteiger partial charge is 0.379 e. The fourth-order valence-electron chi connectivity index (χ4n) is 2.00. The molecule has 1 saturated heterocycles. The van der Waals surface area contributed by atoms with Crippen molar-refractivity contribution in [3.63, 3.8) is 0 Å². The van der Waals surface area contributed by atoms with E-state index in [0.29, 0.717) is 0 Å². The van der Waals surface area contributed by atoms with Crippen LogP contribution in [0.4, 0.5) is 0 Å². The van der Waals surface area contributed by atoms with E-state index in [-0.39, 0.29) is 0 Å². The van der Waals surface area contributed by atoms with Gasteiger partial charge in [-0.3, -0.25) is 0 Å². The summed E-state index contributed by atoms with van der Waals surface area (Å²) in [5.41, 5.74) is 5.46. The highest BCUT2D eigenvalue weighted by Crippen LogP contribution is 2.05. The summed E-state index contributed by atoms with van der Waals surface area (Å²) in [7, 11) is 2.12. The molecule has 2 N–H and O–H groups in total. The Bertz CT molecular complexity index is 160. The molecule has 0 aromatic rings. The van der Waals surface area contributed by atoms with E-state index in [2.05, 4.69) is 16.8 Å². The van der Waals surface area contributed by atoms with Gasteiger partial charge < -0.3 is 20.3 Å². The third kappa shape index (κ3) is 6.43. The first-order valence-corrected chi connectivity index (χ1v) is 6.51. The Balaban J connectivity index is 1.83. The van der Waals surface area contributed by atoms with Crippen molar-refractivity contribution in [2.75, 3.05) is 59.5 Å². The lowest BCUT2D eigenvalue weighted by atomic mass is 10.4. The molecule has 0 aliphatic carbocycles. The van der Waals surface area contributed by atoms with E-state index in [1.165, 1.54) is 25.9 Å². The molecule has 0 aromatic heterocycles. The topological polar surface area (TPSA) is 41.7 Å². The SMILES string of the molecule is CN(CCCN)CCOCCN1CCCC1. The smallest absolute Gasteiger partial charge is 0.0594 e. The van der Waals surface area contributed by atoms with Crippen LogP contribution in [0, 0.1) is 0 Å². The van der Waals surface area contributed by atoms with Gasteiger partial charge in [0.25, 0.3) is 0 Å². The molecule has 1 aliphatic rings. The minimum atomic E-state index is 0.778. The first-order chi connectivity index (χ1) is 7.83. The van der Waals surface area contributed by atoms with Crippen LogP contribution >= 0.6 is 0 Å². The maximum Gasteiger partial charge on any atom is 0.0594 e. The number of rotatable bonds is 9. The highest BCUT2D eigenvalue weighted by Gasteiger charge is 2.10. The highest BCUT2D eigenvalue weighted by atomic mass is 16.5. The molecular weight excluding hydrogens is 202 g/mol. The minimum absolute atomic E-state index is 0.778. The monoisotopic (exact) mass is 229 g/mol. The molecule has 0 saturated carbocycles. The van der Waals surface area contributed by atoms with E-state index in [1.54, 1.807) is 0 Å². The van der Waals surface area contributed by atoms with Gasteiger partial charge in [0, 0.05) is 13.1 Å². The summed E-state index contributed by atoms with van der Waals surface area (Å²) in [6.45, 7) is 8.22. The van der Waals surface area contributed by atoms with Crippen LogP contribution < -0.4 is 5.73 Å². The standard InChI is InChI=1S/C12H27N3O/c1-14(6-4-5-13)9-11-16-12-10-15-7-2-3-8-15/h2-13H2,1H3. The average molecular weight is 229 g/mol. The Labute approximate surface area is 99.7 Å². The number of nitrogens with two attached hydrogens (primary N) is 1. The van der Waals surface area contributed by atoms with Gasteiger partial charge in [0.15, 0.2) is 0 Å². The Kier molecular flexibility index (Phi) is 7.76. The number of ether oxygens (including phenoxy) is 1. The molecule has 1 heterocycles. The Hall–Kier alpha value is -0.160. The van der Waals surface area contributed by atoms with Gasteiger partial charge in [-0.2, -0.15) is 0 Å². The zero-order chi connectivity index (χ0) is 11.6. The van der Waals surface area contributed by atoms with Crippen molar-refractivity contribution in [2.24, 2.45) is 5.73 Å². The molecule has 4 nitrogen and oxygen atoms in total. The van der Waals surface area contributed by atoms with E-state index < -0.39 is 0 Å². The van der Waals surface area contributed by atoms with Gasteiger partial charge in [0.1, 0.15) is 0 Å². The number of likely N-dealkylation sites (tertiary alicyclic amines) is 1. The quantitative estimate of drug-likeness (QED) is 0.580. The lowest BCUT2D eigenvalue weighted by molar-refractivity contribution is 0.0937. The van der Waals surface area contributed by atoms with Gasteiger partial charge in [-0.25, -0.2) is 0 Å². The zero-order valence-electron chi connectivity index (χ0n) is 10.7. The summed E-state index contributed by atoms with van der Waals surface area (Å²) in [6, 6.07) is 0. The molecule has 0 amide bonds. The van der Waals surface area contributed by atoms with Crippen LogP contribution in [0.1, 0.15) is 19.3 Å². The molecule has 1 rings (SSSR count). The number of nitrogens with zero attached hydrogens (tertiary/aromatic N) is 2. The van der Waals surface area contributed by atoms with Crippen LogP contribution in [0.5, 0.6) is 0 Å². The number of hydrogen-bond acceptors (Lipinski definition) is 4. The molecule has 4 heteroatoms. The van der Waals surface area contributed by atoms with Gasteiger partial charge in [-0.1, -0.05) is 0 Å². The zero-order valence-corrected chi connectivity index (χ0v) is 10.7. The van der Waals surface area contributed by atoms with Gasteiger partial charge in [0.05, 0.1) is 13.2 Å². The predicted molar refractivity (Wildman–Crippen MR) is 67.7 cm³/mol. The highest BCUT2D eigenvalue weighted by molar-refractivity contribution is 4.65. The van der Waals surface area contributed by atoms with Crippen molar-refractivity contribution in [3.8, 4) is 0 Å². The Morgan fingerprint density at radius 2 is 1.94 bits per heavy atom. The molecule has 0 radical (unpaired) electrons. The van der Waals surface area contributed by atoms with E-state index in [0.717, 1.165) is 45.8 Å². The van der Waals surface area contributed by atoms with Gasteiger partial charge in [-0.15, -0.1) is 0 Å². The normalized spacial score (nSPS) is 17.4. The van der Waals surface area contributed by atoms with Gasteiger partial charge >= 0.3 is 0 Å². The van der Waals surface area contributed by atoms with Crippen LogP contribution in [-0.2, 0) is 4.74 Å². The molecule has 96 valence electrons. The molecule has 1 fully saturated rings. The number of likely N-dealkylation sites (N-methyl/N-ethyl adjacent to an activating group) is 1. The molecular formula is C12H27N3O. The van der Waals surface area contributed by atoms with Crippen LogP contribution in [0.3, 0.4) is 0 Å². The molecule has 0 bridgehead atoms. The van der Waals surface area contributed by atoms with E-state index >= 15 is 0 Å². The van der Waals surface area contributed by atoms with Crippen molar-refractivity contribution < 1.29 is 4.74 Å². The van der Waals surface area contributed by atoms with Gasteiger partial charge in [0.2, 0.25) is 0 Å². The lowest BCUT2D eigenvalue weighted by Crippen LogP contribution is -2.28. The summed E-state index contributed by atoms with van der Waals surface area (Å²) >= 11 is 0. The Morgan fingerprint density at radius 3 is 2.62 bits per heavy atom. The molecule has 0 aromatic carbocycles. The van der Waals surface area contributed by atoms with Crippen molar-refractivity contribution in [2.45, 2.75) is 19.3 Å². The summed E-state index contributed by atoms with van der Waals surface area (Å²) < 4.78 is 5.63. The maximum absolute atomic E-state index is 5.63. The van der Waals surface area contributed by atoms with Crippen molar-refractivity contribution in [1.29, 1.82) is 0 Å². The summed E-state index contributed by atoms with van der Waals surface area (Å²) in [5, 5.41) is 0. The number of hydrogen-bond donors (Lipinski definition) is 1. The van der Waals surface area contributed by atoms with Crippen LogP contribution in [0.2, 0.25) is 0 Å². The lowest BCUT2D eigenvalue weighted by Gasteiger charge is -2.17. The molecule has 0 atom stereocenters. The third-order valence-corrected chi connectivity index (χ3v) is 3.11. The fourth-order valence-corrected chi connectivity index (χ4v) is 2.00. The fraction of sp³-hybridized carbons (Fsp3) is 1.00. The second-order valence-corrected chi connectivity index (χ2v) is 4.61. The molecule has 0 spiro atoms. The van der Waals surface area contributed by atoms with E-state index in [9.17, 15) is 0 Å². The van der Waals surface area contributed by atoms with Crippen molar-refractivity contribution in [3.05, 3.63) is 0 Å². The first kappa shape index (κ1) is 13.9. The molecule has 16 heavy (non-hydrogen) atoms. The summed E-state index contributed by atoms with van der Waals surface area (Å²) in [6.07, 6.45) is 3.80. The summed E-state index contributed by atoms with van der Waals surface area (Å²) in [4.78, 5) is 4.76. The van der Waals surface area contributed by atoms with Gasteiger partial charge in [-0.05, 0) is 52.5 Å². The van der Waals surface area contributed by atoms with Crippen molar-refractivity contribution in [1.82, 2.24) is 9.80 Å². The van der Waals surface area contributed by atoms with Crippen molar-refractivity contribution >= 4 is 0 Å². The van der Waals surface area contributed by atoms with E-state index in [1.807, 2.05) is 0 Å². The second-order valence-electron chi connectivity index (χ2n) is 4.61. The molecule has 1 aliphatic heterocycles. The molecule has 0 unspecified atom stereocenters. The van der Waals surface area contributed by atoms with Crippen LogP contribution in [-0.4, -0.2) is 69.3 Å². The van der Waals surface area contributed by atoms with Crippen LogP contribution in [0.25, 0.3) is 0 Å². The second kappa shape index (κ2) is 8.93. The summed E-state index contributed by atoms with van der Waals surface area (Å²) in [5.74, 6) is 0.